The van der Waals surface area contributed by atoms with Gasteiger partial charge < -0.3 is 0 Å². The van der Waals surface area contributed by atoms with Crippen LogP contribution in [0.3, 0.4) is 0 Å². The molecule has 0 bridgehead atoms. The summed E-state index contributed by atoms with van der Waals surface area (Å²) >= 11 is 0. The summed E-state index contributed by atoms with van der Waals surface area (Å²) < 4.78 is 0. The summed E-state index contributed by atoms with van der Waals surface area (Å²) in [4.78, 5) is 11.2. The molecule has 0 fully saturated rings. The Morgan fingerprint density at radius 2 is 1.87 bits per heavy atom. The number of carbonyl (C=O) groups is 1. The summed E-state index contributed by atoms with van der Waals surface area (Å²) in [5, 5.41) is 2.33. The van der Waals surface area contributed by atoms with Crippen molar-refractivity contribution in [2.75, 3.05) is 5.43 Å². The zero-order chi connectivity index (χ0) is 10.3. The lowest BCUT2D eigenvalue weighted by atomic mass is 10.0. The number of nitrogens with one attached hydrogen (secondary N) is 2. The van der Waals surface area contributed by atoms with E-state index in [4.69, 9.17) is 0 Å². The van der Waals surface area contributed by atoms with Crippen molar-refractivity contribution in [3.63, 3.8) is 0 Å². The van der Waals surface area contributed by atoms with Crippen LogP contribution in [0.1, 0.15) is 5.56 Å². The Morgan fingerprint density at radius 1 is 1.00 bits per heavy atom. The van der Waals surface area contributed by atoms with Crippen LogP contribution in [-0.2, 0) is 11.2 Å². The minimum Gasteiger partial charge on any atom is -0.298 e. The lowest BCUT2D eigenvalue weighted by Gasteiger charge is -2.20. The van der Waals surface area contributed by atoms with E-state index >= 15 is 0 Å². The van der Waals surface area contributed by atoms with E-state index in [1.807, 2.05) is 18.2 Å². The molecule has 15 heavy (non-hydrogen) atoms. The van der Waals surface area contributed by atoms with Crippen molar-refractivity contribution in [3.05, 3.63) is 42.0 Å². The number of amides is 1. The summed E-state index contributed by atoms with van der Waals surface area (Å²) in [6.45, 7) is 0. The number of hydrazine groups is 1. The quantitative estimate of drug-likeness (QED) is 0.678. The molecule has 3 heteroatoms. The van der Waals surface area contributed by atoms with Crippen LogP contribution in [0.25, 0.3) is 10.8 Å². The molecule has 0 spiro atoms. The number of hydrogen-bond acceptors (Lipinski definition) is 2. The van der Waals surface area contributed by atoms with Gasteiger partial charge in [-0.2, -0.15) is 0 Å². The zero-order valence-electron chi connectivity index (χ0n) is 8.08. The first-order chi connectivity index (χ1) is 7.34. The van der Waals surface area contributed by atoms with Gasteiger partial charge in [0.05, 0.1) is 12.1 Å². The van der Waals surface area contributed by atoms with Crippen LogP contribution in [0.5, 0.6) is 0 Å². The molecule has 0 unspecified atom stereocenters. The van der Waals surface area contributed by atoms with Crippen molar-refractivity contribution in [1.82, 2.24) is 5.43 Å². The van der Waals surface area contributed by atoms with E-state index in [0.29, 0.717) is 6.42 Å². The van der Waals surface area contributed by atoms with Crippen LogP contribution in [0, 0.1) is 0 Å². The highest BCUT2D eigenvalue weighted by atomic mass is 16.2. The normalized spacial score (nSPS) is 14.3. The molecular formula is C12H10N2O. The monoisotopic (exact) mass is 198 g/mol. The van der Waals surface area contributed by atoms with Gasteiger partial charge in [0.25, 0.3) is 0 Å². The van der Waals surface area contributed by atoms with E-state index in [2.05, 4.69) is 29.1 Å². The Balaban J connectivity index is 2.30. The maximum Gasteiger partial charge on any atom is 0.242 e. The molecule has 1 aliphatic rings. The largest absolute Gasteiger partial charge is 0.298 e. The molecule has 74 valence electrons. The first-order valence-electron chi connectivity index (χ1n) is 4.90. The van der Waals surface area contributed by atoms with Gasteiger partial charge in [0.2, 0.25) is 5.91 Å². The number of rotatable bonds is 0. The molecule has 0 aromatic heterocycles. The SMILES string of the molecule is O=C1Cc2ccc3ccccc3c2NN1. The molecule has 0 radical (unpaired) electrons. The van der Waals surface area contributed by atoms with Gasteiger partial charge in [-0.15, -0.1) is 0 Å². The van der Waals surface area contributed by atoms with Crippen LogP contribution in [0.2, 0.25) is 0 Å². The molecular weight excluding hydrogens is 188 g/mol. The third-order valence-electron chi connectivity index (χ3n) is 2.69. The lowest BCUT2D eigenvalue weighted by molar-refractivity contribution is -0.120. The van der Waals surface area contributed by atoms with E-state index in [1.54, 1.807) is 0 Å². The van der Waals surface area contributed by atoms with E-state index < -0.39 is 0 Å². The zero-order valence-corrected chi connectivity index (χ0v) is 8.08. The van der Waals surface area contributed by atoms with Crippen molar-refractivity contribution in [2.24, 2.45) is 0 Å². The van der Waals surface area contributed by atoms with Gasteiger partial charge in [-0.25, -0.2) is 0 Å². The van der Waals surface area contributed by atoms with E-state index in [9.17, 15) is 4.79 Å². The second kappa shape index (κ2) is 2.98. The predicted molar refractivity (Wildman–Crippen MR) is 59.4 cm³/mol. The fraction of sp³-hybridized carbons (Fsp3) is 0.0833. The van der Waals surface area contributed by atoms with Crippen molar-refractivity contribution in [3.8, 4) is 0 Å². The first-order valence-corrected chi connectivity index (χ1v) is 4.90. The fourth-order valence-electron chi connectivity index (χ4n) is 1.96. The highest BCUT2D eigenvalue weighted by molar-refractivity contribution is 5.99. The Hall–Kier alpha value is -2.03. The minimum atomic E-state index is 0.0118. The van der Waals surface area contributed by atoms with Gasteiger partial charge in [-0.1, -0.05) is 36.4 Å². The van der Waals surface area contributed by atoms with Crippen molar-refractivity contribution >= 4 is 22.4 Å². The highest BCUT2D eigenvalue weighted by Gasteiger charge is 2.15. The van der Waals surface area contributed by atoms with Gasteiger partial charge in [0.15, 0.2) is 0 Å². The molecule has 2 aromatic rings. The van der Waals surface area contributed by atoms with Crippen LogP contribution < -0.4 is 10.9 Å². The van der Waals surface area contributed by atoms with Gasteiger partial charge >= 0.3 is 0 Å². The summed E-state index contributed by atoms with van der Waals surface area (Å²) in [6.07, 6.45) is 0.452. The number of anilines is 1. The fourth-order valence-corrected chi connectivity index (χ4v) is 1.96. The molecule has 3 rings (SSSR count). The smallest absolute Gasteiger partial charge is 0.242 e. The molecule has 1 heterocycles. The van der Waals surface area contributed by atoms with Crippen LogP contribution in [0.4, 0.5) is 5.69 Å². The Labute approximate surface area is 87.1 Å². The van der Waals surface area contributed by atoms with Gasteiger partial charge in [-0.05, 0) is 10.9 Å². The third-order valence-corrected chi connectivity index (χ3v) is 2.69. The summed E-state index contributed by atoms with van der Waals surface area (Å²) in [5.74, 6) is 0.0118. The topological polar surface area (TPSA) is 41.1 Å². The summed E-state index contributed by atoms with van der Waals surface area (Å²) in [5.41, 5.74) is 7.67. The standard InChI is InChI=1S/C12H10N2O/c15-11-7-9-6-5-8-3-1-2-4-10(8)12(9)14-13-11/h1-6,14H,7H2,(H,13,15). The molecule has 1 aliphatic heterocycles. The molecule has 2 aromatic carbocycles. The molecule has 0 saturated heterocycles. The van der Waals surface area contributed by atoms with Gasteiger partial charge in [0.1, 0.15) is 0 Å². The molecule has 1 amide bonds. The van der Waals surface area contributed by atoms with Crippen LogP contribution in [0.15, 0.2) is 36.4 Å². The van der Waals surface area contributed by atoms with E-state index in [0.717, 1.165) is 16.6 Å². The maximum atomic E-state index is 11.2. The van der Waals surface area contributed by atoms with Crippen molar-refractivity contribution in [1.29, 1.82) is 0 Å². The average Bonchev–Trinajstić information content (AvgIpc) is 2.28. The van der Waals surface area contributed by atoms with Crippen LogP contribution >= 0.6 is 0 Å². The second-order valence-electron chi connectivity index (χ2n) is 3.67. The maximum absolute atomic E-state index is 11.2. The Bertz CT molecular complexity index is 548. The van der Waals surface area contributed by atoms with E-state index in [1.165, 1.54) is 5.39 Å². The predicted octanol–water partition coefficient (Wildman–Crippen LogP) is 1.84. The van der Waals surface area contributed by atoms with Crippen molar-refractivity contribution in [2.45, 2.75) is 6.42 Å². The van der Waals surface area contributed by atoms with Crippen LogP contribution in [-0.4, -0.2) is 5.91 Å². The summed E-state index contributed by atoms with van der Waals surface area (Å²) in [6, 6.07) is 12.2. The highest BCUT2D eigenvalue weighted by Crippen LogP contribution is 2.28. The molecule has 2 N–H and O–H groups in total. The molecule has 3 nitrogen and oxygen atoms in total. The Morgan fingerprint density at radius 3 is 2.80 bits per heavy atom. The number of benzene rings is 2. The lowest BCUT2D eigenvalue weighted by Crippen LogP contribution is -2.35. The summed E-state index contributed by atoms with van der Waals surface area (Å²) in [7, 11) is 0. The van der Waals surface area contributed by atoms with Gasteiger partial charge in [0, 0.05) is 5.39 Å². The Kier molecular flexibility index (Phi) is 1.65. The second-order valence-corrected chi connectivity index (χ2v) is 3.67. The molecule has 0 saturated carbocycles. The number of hydrogen-bond donors (Lipinski definition) is 2. The minimum absolute atomic E-state index is 0.0118. The number of fused-ring (bicyclic) bond motifs is 3. The first kappa shape index (κ1) is 8.29. The molecule has 0 atom stereocenters. The average molecular weight is 198 g/mol. The van der Waals surface area contributed by atoms with E-state index in [-0.39, 0.29) is 5.91 Å². The number of carbonyl (C=O) groups excluding carboxylic acids is 1. The van der Waals surface area contributed by atoms with Gasteiger partial charge in [-0.3, -0.25) is 15.6 Å². The van der Waals surface area contributed by atoms with Crippen molar-refractivity contribution < 1.29 is 4.79 Å². The molecule has 0 aliphatic carbocycles. The third kappa shape index (κ3) is 1.24.